The fraction of sp³-hybridized carbons (Fsp3) is 0.0800. The van der Waals surface area contributed by atoms with E-state index in [2.05, 4.69) is 20.5 Å². The maximum absolute atomic E-state index is 9.74. The highest BCUT2D eigenvalue weighted by Crippen LogP contribution is 2.25. The molecule has 3 aromatic carbocycles. The lowest BCUT2D eigenvalue weighted by Gasteiger charge is -2.09. The number of benzene rings is 3. The van der Waals surface area contributed by atoms with Gasteiger partial charge in [-0.15, -0.1) is 0 Å². The number of hydrogen-bond acceptors (Lipinski definition) is 5. The molecule has 0 saturated carbocycles. The molecule has 0 fully saturated rings. The average molecular weight is 394 g/mol. The molecule has 30 heavy (non-hydrogen) atoms. The van der Waals surface area contributed by atoms with Crippen LogP contribution in [-0.2, 0) is 0 Å². The topological polar surface area (TPSA) is 70.4 Å². The largest absolute Gasteiger partial charge is 0.508 e. The summed E-state index contributed by atoms with van der Waals surface area (Å²) in [5.74, 6) is 0.691. The predicted octanol–water partition coefficient (Wildman–Crippen LogP) is 5.66. The highest BCUT2D eigenvalue weighted by molar-refractivity contribution is 5.99. The quantitative estimate of drug-likeness (QED) is 0.338. The summed E-state index contributed by atoms with van der Waals surface area (Å²) < 4.78 is 0. The van der Waals surface area contributed by atoms with Crippen LogP contribution in [0, 0.1) is 6.92 Å². The summed E-state index contributed by atoms with van der Waals surface area (Å²) >= 11 is 0. The first-order valence-corrected chi connectivity index (χ1v) is 9.70. The Bertz CT molecular complexity index is 1130. The van der Waals surface area contributed by atoms with E-state index in [1.165, 1.54) is 0 Å². The molecule has 5 heteroatoms. The number of aromatic nitrogens is 2. The van der Waals surface area contributed by atoms with E-state index in [1.54, 1.807) is 6.07 Å². The number of aromatic hydroxyl groups is 1. The molecule has 0 spiro atoms. The summed E-state index contributed by atoms with van der Waals surface area (Å²) in [4.78, 5) is 9.31. The Morgan fingerprint density at radius 1 is 0.800 bits per heavy atom. The number of hydrogen-bond donors (Lipinski definition) is 2. The second kappa shape index (κ2) is 8.57. The molecule has 0 unspecified atom stereocenters. The van der Waals surface area contributed by atoms with E-state index in [4.69, 9.17) is 0 Å². The van der Waals surface area contributed by atoms with Crippen molar-refractivity contribution in [2.75, 3.05) is 5.43 Å². The van der Waals surface area contributed by atoms with Gasteiger partial charge in [-0.05, 0) is 49.2 Å². The van der Waals surface area contributed by atoms with Crippen molar-refractivity contribution in [2.45, 2.75) is 13.8 Å². The van der Waals surface area contributed by atoms with E-state index in [1.807, 2.05) is 92.7 Å². The number of phenolic OH excluding ortho intramolecular Hbond substituents is 1. The Hall–Kier alpha value is -3.99. The van der Waals surface area contributed by atoms with E-state index in [-0.39, 0.29) is 5.75 Å². The molecule has 1 aromatic heterocycles. The maximum atomic E-state index is 9.74. The molecule has 0 bridgehead atoms. The van der Waals surface area contributed by atoms with Crippen molar-refractivity contribution in [3.8, 4) is 28.3 Å². The molecule has 0 atom stereocenters. The highest BCUT2D eigenvalue weighted by atomic mass is 16.3. The molecule has 0 aliphatic carbocycles. The normalized spacial score (nSPS) is 11.3. The van der Waals surface area contributed by atoms with Crippen molar-refractivity contribution in [3.63, 3.8) is 0 Å². The van der Waals surface area contributed by atoms with Gasteiger partial charge in [-0.2, -0.15) is 5.10 Å². The van der Waals surface area contributed by atoms with Crippen LogP contribution in [0.5, 0.6) is 5.75 Å². The third-order valence-electron chi connectivity index (χ3n) is 4.80. The lowest BCUT2D eigenvalue weighted by molar-refractivity contribution is 0.471. The van der Waals surface area contributed by atoms with Crippen LogP contribution < -0.4 is 5.43 Å². The van der Waals surface area contributed by atoms with Gasteiger partial charge in [0.1, 0.15) is 5.75 Å². The molecule has 0 aliphatic heterocycles. The zero-order valence-corrected chi connectivity index (χ0v) is 16.9. The smallest absolute Gasteiger partial charge is 0.244 e. The number of aryl methyl sites for hydroxylation is 1. The second-order valence-corrected chi connectivity index (χ2v) is 7.00. The number of nitrogens with one attached hydrogen (secondary N) is 1. The predicted molar refractivity (Wildman–Crippen MR) is 122 cm³/mol. The summed E-state index contributed by atoms with van der Waals surface area (Å²) in [5.41, 5.74) is 9.15. The van der Waals surface area contributed by atoms with E-state index >= 15 is 0 Å². The zero-order valence-electron chi connectivity index (χ0n) is 16.9. The monoisotopic (exact) mass is 394 g/mol. The molecule has 148 valence electrons. The van der Waals surface area contributed by atoms with Gasteiger partial charge in [0.05, 0.1) is 17.1 Å². The van der Waals surface area contributed by atoms with Crippen LogP contribution in [-0.4, -0.2) is 20.8 Å². The standard InChI is InChI=1S/C25H22N4O/c1-17-15-21(13-14-24(17)30)18(2)28-29-25-26-22(19-9-5-3-6-10-19)16-23(27-25)20-11-7-4-8-12-20/h3-16,30H,1-2H3,(H,26,27,29)/b28-18-. The van der Waals surface area contributed by atoms with Gasteiger partial charge in [0.2, 0.25) is 5.95 Å². The molecule has 0 saturated heterocycles. The fourth-order valence-electron chi connectivity index (χ4n) is 3.09. The summed E-state index contributed by atoms with van der Waals surface area (Å²) in [7, 11) is 0. The SMILES string of the molecule is C/C(=N/Nc1nc(-c2ccccc2)cc(-c2ccccc2)n1)c1ccc(O)c(C)c1. The molecule has 4 aromatic rings. The maximum Gasteiger partial charge on any atom is 0.244 e. The van der Waals surface area contributed by atoms with Crippen LogP contribution in [0.3, 0.4) is 0 Å². The van der Waals surface area contributed by atoms with Crippen LogP contribution in [0.4, 0.5) is 5.95 Å². The Morgan fingerprint density at radius 3 is 1.90 bits per heavy atom. The number of hydrazone groups is 1. The van der Waals surface area contributed by atoms with E-state index in [9.17, 15) is 5.11 Å². The van der Waals surface area contributed by atoms with Crippen molar-refractivity contribution in [1.29, 1.82) is 0 Å². The van der Waals surface area contributed by atoms with Gasteiger partial charge >= 0.3 is 0 Å². The molecular formula is C25H22N4O. The van der Waals surface area contributed by atoms with Crippen molar-refractivity contribution in [2.24, 2.45) is 5.10 Å². The molecule has 1 heterocycles. The van der Waals surface area contributed by atoms with Gasteiger partial charge in [0, 0.05) is 11.1 Å². The molecular weight excluding hydrogens is 372 g/mol. The zero-order chi connectivity index (χ0) is 20.9. The summed E-state index contributed by atoms with van der Waals surface area (Å²) in [5, 5.41) is 14.2. The van der Waals surface area contributed by atoms with E-state index in [0.717, 1.165) is 39.4 Å². The van der Waals surface area contributed by atoms with Crippen LogP contribution in [0.1, 0.15) is 18.1 Å². The van der Waals surface area contributed by atoms with Gasteiger partial charge in [-0.1, -0.05) is 60.7 Å². The van der Waals surface area contributed by atoms with Crippen molar-refractivity contribution >= 4 is 11.7 Å². The summed E-state index contributed by atoms with van der Waals surface area (Å²) in [6, 6.07) is 27.4. The van der Waals surface area contributed by atoms with Crippen LogP contribution in [0.2, 0.25) is 0 Å². The Labute approximate surface area is 175 Å². The van der Waals surface area contributed by atoms with E-state index in [0.29, 0.717) is 5.95 Å². The third-order valence-corrected chi connectivity index (χ3v) is 4.80. The first-order chi connectivity index (χ1) is 14.6. The molecule has 0 amide bonds. The molecule has 2 N–H and O–H groups in total. The van der Waals surface area contributed by atoms with Crippen LogP contribution in [0.25, 0.3) is 22.5 Å². The minimum absolute atomic E-state index is 0.269. The lowest BCUT2D eigenvalue weighted by atomic mass is 10.1. The third kappa shape index (κ3) is 4.36. The summed E-state index contributed by atoms with van der Waals surface area (Å²) in [6.45, 7) is 3.76. The molecule has 4 rings (SSSR count). The Morgan fingerprint density at radius 2 is 1.37 bits per heavy atom. The van der Waals surface area contributed by atoms with Gasteiger partial charge in [-0.25, -0.2) is 15.4 Å². The number of rotatable bonds is 5. The lowest BCUT2D eigenvalue weighted by Crippen LogP contribution is -2.04. The summed E-state index contributed by atoms with van der Waals surface area (Å²) in [6.07, 6.45) is 0. The van der Waals surface area contributed by atoms with Gasteiger partial charge < -0.3 is 5.11 Å². The average Bonchev–Trinajstić information content (AvgIpc) is 2.80. The Balaban J connectivity index is 1.70. The van der Waals surface area contributed by atoms with Gasteiger partial charge in [0.15, 0.2) is 0 Å². The Kier molecular flexibility index (Phi) is 5.52. The number of anilines is 1. The molecule has 0 radical (unpaired) electrons. The van der Waals surface area contributed by atoms with Gasteiger partial charge in [-0.3, -0.25) is 0 Å². The van der Waals surface area contributed by atoms with Crippen LogP contribution >= 0.6 is 0 Å². The number of phenols is 1. The van der Waals surface area contributed by atoms with Crippen molar-refractivity contribution in [3.05, 3.63) is 96.1 Å². The van der Waals surface area contributed by atoms with Crippen LogP contribution in [0.15, 0.2) is 90.0 Å². The first-order valence-electron chi connectivity index (χ1n) is 9.70. The minimum atomic E-state index is 0.269. The molecule has 0 aliphatic rings. The fourth-order valence-corrected chi connectivity index (χ4v) is 3.09. The van der Waals surface area contributed by atoms with Gasteiger partial charge in [0.25, 0.3) is 0 Å². The highest BCUT2D eigenvalue weighted by Gasteiger charge is 2.09. The second-order valence-electron chi connectivity index (χ2n) is 7.00. The number of nitrogens with zero attached hydrogens (tertiary/aromatic N) is 3. The molecule has 5 nitrogen and oxygen atoms in total. The van der Waals surface area contributed by atoms with Crippen molar-refractivity contribution in [1.82, 2.24) is 9.97 Å². The minimum Gasteiger partial charge on any atom is -0.508 e. The van der Waals surface area contributed by atoms with E-state index < -0.39 is 0 Å². The van der Waals surface area contributed by atoms with Crippen molar-refractivity contribution < 1.29 is 5.11 Å². The first kappa shape index (κ1) is 19.3.